The van der Waals surface area contributed by atoms with Crippen LogP contribution in [0, 0.1) is 0 Å². The second kappa shape index (κ2) is 7.13. The Morgan fingerprint density at radius 1 is 1.11 bits per heavy atom. The minimum absolute atomic E-state index is 0.0895. The molecule has 1 aromatic carbocycles. The summed E-state index contributed by atoms with van der Waals surface area (Å²) in [6, 6.07) is 3.61. The molecule has 0 saturated heterocycles. The summed E-state index contributed by atoms with van der Waals surface area (Å²) >= 11 is 0. The van der Waals surface area contributed by atoms with Crippen LogP contribution in [0.5, 0.6) is 17.2 Å². The summed E-state index contributed by atoms with van der Waals surface area (Å²) in [4.78, 5) is 0. The molecule has 1 aromatic rings. The molecular weight excluding hydrogens is 256 g/mol. The zero-order valence-electron chi connectivity index (χ0n) is 11.5. The van der Waals surface area contributed by atoms with E-state index in [1.54, 1.807) is 12.1 Å². The average molecular weight is 275 g/mol. The topological polar surface area (TPSA) is 39.7 Å². The summed E-state index contributed by atoms with van der Waals surface area (Å²) in [6.07, 6.45) is 0. The number of methoxy groups -OCH3 is 2. The lowest BCUT2D eigenvalue weighted by Gasteiger charge is -2.16. The first-order valence-corrected chi connectivity index (χ1v) is 5.91. The van der Waals surface area contributed by atoms with Crippen LogP contribution in [0.1, 0.15) is 19.4 Å². The molecular formula is C13H19F2NO3. The van der Waals surface area contributed by atoms with E-state index in [9.17, 15) is 8.78 Å². The van der Waals surface area contributed by atoms with Crippen LogP contribution >= 0.6 is 0 Å². The van der Waals surface area contributed by atoms with E-state index >= 15 is 0 Å². The number of hydrogen-bond donors (Lipinski definition) is 1. The molecule has 0 aliphatic heterocycles. The Hall–Kier alpha value is -1.56. The van der Waals surface area contributed by atoms with Gasteiger partial charge >= 0.3 is 6.61 Å². The lowest BCUT2D eigenvalue weighted by molar-refractivity contribution is -0.0526. The quantitative estimate of drug-likeness (QED) is 0.830. The summed E-state index contributed by atoms with van der Waals surface area (Å²) in [5, 5.41) is 3.22. The van der Waals surface area contributed by atoms with Crippen molar-refractivity contribution < 1.29 is 23.0 Å². The fourth-order valence-corrected chi connectivity index (χ4v) is 1.56. The van der Waals surface area contributed by atoms with Gasteiger partial charge in [0.15, 0.2) is 11.5 Å². The maximum absolute atomic E-state index is 12.4. The van der Waals surface area contributed by atoms with E-state index in [0.717, 1.165) is 5.56 Å². The zero-order valence-corrected chi connectivity index (χ0v) is 11.5. The Morgan fingerprint density at radius 2 is 1.63 bits per heavy atom. The van der Waals surface area contributed by atoms with Gasteiger partial charge in [0.25, 0.3) is 0 Å². The molecule has 0 aromatic heterocycles. The van der Waals surface area contributed by atoms with Crippen LogP contribution < -0.4 is 19.5 Å². The summed E-state index contributed by atoms with van der Waals surface area (Å²) < 4.78 is 39.3. The Bertz CT molecular complexity index is 386. The van der Waals surface area contributed by atoms with Crippen LogP contribution in [0.15, 0.2) is 12.1 Å². The van der Waals surface area contributed by atoms with Gasteiger partial charge in [0, 0.05) is 12.6 Å². The van der Waals surface area contributed by atoms with Gasteiger partial charge in [-0.05, 0) is 17.7 Å². The van der Waals surface area contributed by atoms with Crippen molar-refractivity contribution in [2.24, 2.45) is 0 Å². The van der Waals surface area contributed by atoms with Gasteiger partial charge in [0.2, 0.25) is 5.75 Å². The fraction of sp³-hybridized carbons (Fsp3) is 0.538. The molecule has 0 aliphatic carbocycles. The van der Waals surface area contributed by atoms with Gasteiger partial charge in [0.05, 0.1) is 14.2 Å². The Kier molecular flexibility index (Phi) is 5.82. The van der Waals surface area contributed by atoms with E-state index in [-0.39, 0.29) is 17.2 Å². The highest BCUT2D eigenvalue weighted by Crippen LogP contribution is 2.39. The monoisotopic (exact) mass is 275 g/mol. The Labute approximate surface area is 111 Å². The standard InChI is InChI=1S/C13H19F2NO3/c1-8(2)16-7-9-5-10(17-3)12(19-13(14)15)11(6-9)18-4/h5-6,8,13,16H,7H2,1-4H3. The van der Waals surface area contributed by atoms with E-state index in [2.05, 4.69) is 10.1 Å². The van der Waals surface area contributed by atoms with Gasteiger partial charge in [-0.3, -0.25) is 0 Å². The van der Waals surface area contributed by atoms with Gasteiger partial charge in [-0.25, -0.2) is 0 Å². The average Bonchev–Trinajstić information content (AvgIpc) is 2.36. The van der Waals surface area contributed by atoms with Gasteiger partial charge < -0.3 is 19.5 Å². The van der Waals surface area contributed by atoms with Crippen molar-refractivity contribution in [3.05, 3.63) is 17.7 Å². The van der Waals surface area contributed by atoms with E-state index < -0.39 is 6.61 Å². The molecule has 0 saturated carbocycles. The molecule has 0 radical (unpaired) electrons. The highest BCUT2D eigenvalue weighted by molar-refractivity contribution is 5.53. The Morgan fingerprint density at radius 3 is 2.00 bits per heavy atom. The smallest absolute Gasteiger partial charge is 0.387 e. The normalized spacial score (nSPS) is 10.9. The molecule has 0 amide bonds. The van der Waals surface area contributed by atoms with E-state index in [1.807, 2.05) is 13.8 Å². The molecule has 0 heterocycles. The van der Waals surface area contributed by atoms with E-state index in [4.69, 9.17) is 9.47 Å². The zero-order chi connectivity index (χ0) is 14.4. The highest BCUT2D eigenvalue weighted by Gasteiger charge is 2.18. The van der Waals surface area contributed by atoms with Crippen molar-refractivity contribution in [3.8, 4) is 17.2 Å². The second-order valence-electron chi connectivity index (χ2n) is 4.24. The molecule has 0 unspecified atom stereocenters. The molecule has 0 atom stereocenters. The Balaban J connectivity index is 3.05. The molecule has 4 nitrogen and oxygen atoms in total. The van der Waals surface area contributed by atoms with Crippen LogP contribution in [-0.2, 0) is 6.54 Å². The molecule has 6 heteroatoms. The lowest BCUT2D eigenvalue weighted by atomic mass is 10.1. The second-order valence-corrected chi connectivity index (χ2v) is 4.24. The molecule has 1 N–H and O–H groups in total. The summed E-state index contributed by atoms with van der Waals surface area (Å²) in [5.41, 5.74) is 0.865. The first-order chi connectivity index (χ1) is 8.97. The third-order valence-electron chi connectivity index (χ3n) is 2.44. The largest absolute Gasteiger partial charge is 0.493 e. The molecule has 0 aliphatic rings. The number of benzene rings is 1. The van der Waals surface area contributed by atoms with Crippen molar-refractivity contribution in [2.45, 2.75) is 33.0 Å². The first kappa shape index (κ1) is 15.5. The molecule has 0 fully saturated rings. The van der Waals surface area contributed by atoms with Crippen molar-refractivity contribution in [3.63, 3.8) is 0 Å². The number of hydrogen-bond acceptors (Lipinski definition) is 4. The highest BCUT2D eigenvalue weighted by atomic mass is 19.3. The van der Waals surface area contributed by atoms with Crippen LogP contribution in [0.2, 0.25) is 0 Å². The number of ether oxygens (including phenoxy) is 3. The van der Waals surface area contributed by atoms with Crippen molar-refractivity contribution in [1.29, 1.82) is 0 Å². The number of alkyl halides is 2. The van der Waals surface area contributed by atoms with Gasteiger partial charge in [-0.15, -0.1) is 0 Å². The minimum Gasteiger partial charge on any atom is -0.493 e. The third-order valence-corrected chi connectivity index (χ3v) is 2.44. The van der Waals surface area contributed by atoms with Crippen molar-refractivity contribution >= 4 is 0 Å². The summed E-state index contributed by atoms with van der Waals surface area (Å²) in [5.74, 6) is 0.355. The van der Waals surface area contributed by atoms with Crippen LogP contribution in [0.4, 0.5) is 8.78 Å². The summed E-state index contributed by atoms with van der Waals surface area (Å²) in [6.45, 7) is 1.69. The number of rotatable bonds is 7. The predicted octanol–water partition coefficient (Wildman–Crippen LogP) is 2.80. The van der Waals surface area contributed by atoms with Crippen LogP contribution in [-0.4, -0.2) is 26.9 Å². The molecule has 108 valence electrons. The number of halogens is 2. The van der Waals surface area contributed by atoms with E-state index in [0.29, 0.717) is 12.6 Å². The third kappa shape index (κ3) is 4.55. The van der Waals surface area contributed by atoms with Gasteiger partial charge in [-0.2, -0.15) is 8.78 Å². The van der Waals surface area contributed by atoms with E-state index in [1.165, 1.54) is 14.2 Å². The predicted molar refractivity (Wildman–Crippen MR) is 68.2 cm³/mol. The van der Waals surface area contributed by atoms with Gasteiger partial charge in [-0.1, -0.05) is 13.8 Å². The fourth-order valence-electron chi connectivity index (χ4n) is 1.56. The lowest BCUT2D eigenvalue weighted by Crippen LogP contribution is -2.21. The molecule has 1 rings (SSSR count). The first-order valence-electron chi connectivity index (χ1n) is 5.91. The molecule has 0 spiro atoms. The van der Waals surface area contributed by atoms with Gasteiger partial charge in [0.1, 0.15) is 0 Å². The van der Waals surface area contributed by atoms with Crippen LogP contribution in [0.3, 0.4) is 0 Å². The number of nitrogens with one attached hydrogen (secondary N) is 1. The minimum atomic E-state index is -2.93. The van der Waals surface area contributed by atoms with Crippen molar-refractivity contribution in [2.75, 3.05) is 14.2 Å². The maximum Gasteiger partial charge on any atom is 0.387 e. The van der Waals surface area contributed by atoms with Crippen molar-refractivity contribution in [1.82, 2.24) is 5.32 Å². The molecule has 0 bridgehead atoms. The SMILES string of the molecule is COc1cc(CNC(C)C)cc(OC)c1OC(F)F. The maximum atomic E-state index is 12.4. The molecule has 19 heavy (non-hydrogen) atoms. The van der Waals surface area contributed by atoms with Crippen LogP contribution in [0.25, 0.3) is 0 Å². The summed E-state index contributed by atoms with van der Waals surface area (Å²) in [7, 11) is 2.79.